The Labute approximate surface area is 195 Å². The summed E-state index contributed by atoms with van der Waals surface area (Å²) < 4.78 is 0.926. The SMILES string of the molecule is N#Cc1cnc2ccc(NC(=O)C#CCN3CCCCC3)cc2c1Nc1cccc(Br)c1. The molecule has 160 valence electrons. The number of aromatic nitrogens is 1. The summed E-state index contributed by atoms with van der Waals surface area (Å²) in [6.45, 7) is 2.70. The van der Waals surface area contributed by atoms with E-state index in [2.05, 4.69) is 54.4 Å². The average molecular weight is 488 g/mol. The molecule has 0 unspecified atom stereocenters. The fourth-order valence-corrected chi connectivity index (χ4v) is 4.11. The van der Waals surface area contributed by atoms with Crippen LogP contribution in [-0.4, -0.2) is 35.4 Å². The molecule has 0 atom stereocenters. The van der Waals surface area contributed by atoms with Crippen molar-refractivity contribution in [2.45, 2.75) is 19.3 Å². The largest absolute Gasteiger partial charge is 0.354 e. The molecule has 4 rings (SSSR count). The normalized spacial score (nSPS) is 13.6. The summed E-state index contributed by atoms with van der Waals surface area (Å²) in [4.78, 5) is 19.0. The number of anilines is 3. The van der Waals surface area contributed by atoms with Gasteiger partial charge in [0, 0.05) is 27.4 Å². The van der Waals surface area contributed by atoms with Gasteiger partial charge in [-0.2, -0.15) is 5.26 Å². The highest BCUT2D eigenvalue weighted by Crippen LogP contribution is 2.31. The summed E-state index contributed by atoms with van der Waals surface area (Å²) >= 11 is 3.46. The van der Waals surface area contributed by atoms with E-state index in [-0.39, 0.29) is 5.91 Å². The van der Waals surface area contributed by atoms with Crippen LogP contribution in [0.4, 0.5) is 17.1 Å². The van der Waals surface area contributed by atoms with Crippen molar-refractivity contribution in [3.63, 3.8) is 0 Å². The molecule has 0 saturated carbocycles. The smallest absolute Gasteiger partial charge is 0.300 e. The van der Waals surface area contributed by atoms with E-state index in [0.717, 1.165) is 34.2 Å². The van der Waals surface area contributed by atoms with Gasteiger partial charge in [0.15, 0.2) is 0 Å². The third-order valence-corrected chi connectivity index (χ3v) is 5.79. The van der Waals surface area contributed by atoms with Crippen molar-refractivity contribution in [1.29, 1.82) is 5.26 Å². The Morgan fingerprint density at radius 1 is 1.12 bits per heavy atom. The van der Waals surface area contributed by atoms with Crippen molar-refractivity contribution in [3.8, 4) is 17.9 Å². The molecule has 1 aliphatic heterocycles. The molecule has 1 saturated heterocycles. The number of carbonyl (C=O) groups excluding carboxylic acids is 1. The van der Waals surface area contributed by atoms with Crippen LogP contribution in [-0.2, 0) is 4.79 Å². The van der Waals surface area contributed by atoms with E-state index in [1.807, 2.05) is 36.4 Å². The molecule has 6 nitrogen and oxygen atoms in total. The highest BCUT2D eigenvalue weighted by atomic mass is 79.9. The summed E-state index contributed by atoms with van der Waals surface area (Å²) in [5, 5.41) is 16.5. The summed E-state index contributed by atoms with van der Waals surface area (Å²) in [7, 11) is 0. The van der Waals surface area contributed by atoms with E-state index in [1.165, 1.54) is 19.3 Å². The molecule has 2 heterocycles. The highest BCUT2D eigenvalue weighted by Gasteiger charge is 2.12. The maximum atomic E-state index is 12.3. The lowest BCUT2D eigenvalue weighted by Gasteiger charge is -2.23. The number of hydrogen-bond donors (Lipinski definition) is 2. The average Bonchev–Trinajstić information content (AvgIpc) is 2.80. The number of pyridine rings is 1. The third kappa shape index (κ3) is 5.45. The molecular formula is C25H22BrN5O. The Hall–Kier alpha value is -3.39. The number of nitrogens with zero attached hydrogens (tertiary/aromatic N) is 3. The zero-order valence-corrected chi connectivity index (χ0v) is 19.1. The molecule has 3 aromatic rings. The number of amides is 1. The number of halogens is 1. The fraction of sp³-hybridized carbons (Fsp3) is 0.240. The van der Waals surface area contributed by atoms with Gasteiger partial charge in [-0.25, -0.2) is 0 Å². The van der Waals surface area contributed by atoms with Gasteiger partial charge in [0.2, 0.25) is 0 Å². The monoisotopic (exact) mass is 487 g/mol. The molecule has 32 heavy (non-hydrogen) atoms. The first-order valence-corrected chi connectivity index (χ1v) is 11.3. The first-order valence-electron chi connectivity index (χ1n) is 10.5. The topological polar surface area (TPSA) is 81.0 Å². The molecule has 7 heteroatoms. The first kappa shape index (κ1) is 21.8. The van der Waals surface area contributed by atoms with E-state index in [4.69, 9.17) is 0 Å². The van der Waals surface area contributed by atoms with Crippen molar-refractivity contribution in [2.24, 2.45) is 0 Å². The maximum Gasteiger partial charge on any atom is 0.300 e. The summed E-state index contributed by atoms with van der Waals surface area (Å²) in [6, 6.07) is 15.3. The second-order valence-electron chi connectivity index (χ2n) is 7.62. The second-order valence-corrected chi connectivity index (χ2v) is 8.53. The van der Waals surface area contributed by atoms with Gasteiger partial charge in [-0.15, -0.1) is 0 Å². The number of hydrogen-bond acceptors (Lipinski definition) is 5. The summed E-state index contributed by atoms with van der Waals surface area (Å²) in [5.41, 5.74) is 3.21. The second kappa shape index (κ2) is 10.3. The molecule has 1 amide bonds. The van der Waals surface area contributed by atoms with Crippen molar-refractivity contribution < 1.29 is 4.79 Å². The molecule has 1 aliphatic rings. The van der Waals surface area contributed by atoms with Gasteiger partial charge in [-0.05, 0) is 68.2 Å². The molecule has 0 aliphatic carbocycles. The molecule has 0 spiro atoms. The Kier molecular flexibility index (Phi) is 7.01. The number of nitriles is 1. The lowest BCUT2D eigenvalue weighted by molar-refractivity contribution is -0.111. The van der Waals surface area contributed by atoms with Crippen LogP contribution in [0.1, 0.15) is 24.8 Å². The van der Waals surface area contributed by atoms with Crippen molar-refractivity contribution >= 4 is 49.8 Å². The van der Waals surface area contributed by atoms with E-state index >= 15 is 0 Å². The predicted molar refractivity (Wildman–Crippen MR) is 131 cm³/mol. The van der Waals surface area contributed by atoms with E-state index in [1.54, 1.807) is 12.3 Å². The number of fused-ring (bicyclic) bond motifs is 1. The van der Waals surface area contributed by atoms with Crippen LogP contribution in [0.25, 0.3) is 10.9 Å². The van der Waals surface area contributed by atoms with Gasteiger partial charge < -0.3 is 10.6 Å². The van der Waals surface area contributed by atoms with Gasteiger partial charge in [0.05, 0.1) is 23.3 Å². The minimum absolute atomic E-state index is 0.354. The molecule has 1 fully saturated rings. The first-order chi connectivity index (χ1) is 15.6. The van der Waals surface area contributed by atoms with Crippen molar-refractivity contribution in [3.05, 3.63) is 58.7 Å². The molecule has 0 bridgehead atoms. The van der Waals surface area contributed by atoms with Crippen LogP contribution in [0.5, 0.6) is 0 Å². The van der Waals surface area contributed by atoms with Crippen LogP contribution in [0.3, 0.4) is 0 Å². The zero-order chi connectivity index (χ0) is 22.3. The quantitative estimate of drug-likeness (QED) is 0.503. The molecule has 1 aromatic heterocycles. The minimum atomic E-state index is -0.354. The third-order valence-electron chi connectivity index (χ3n) is 5.29. The number of benzene rings is 2. The van der Waals surface area contributed by atoms with Gasteiger partial charge in [0.25, 0.3) is 5.91 Å². The Bertz CT molecular complexity index is 1250. The Balaban J connectivity index is 1.56. The predicted octanol–water partition coefficient (Wildman–Crippen LogP) is 5.04. The van der Waals surface area contributed by atoms with Gasteiger partial charge in [0.1, 0.15) is 6.07 Å². The van der Waals surface area contributed by atoms with Crippen LogP contribution >= 0.6 is 15.9 Å². The van der Waals surface area contributed by atoms with Crippen LogP contribution < -0.4 is 10.6 Å². The van der Waals surface area contributed by atoms with Crippen LogP contribution in [0.2, 0.25) is 0 Å². The number of rotatable bonds is 4. The van der Waals surface area contributed by atoms with Crippen molar-refractivity contribution in [2.75, 3.05) is 30.3 Å². The summed E-state index contributed by atoms with van der Waals surface area (Å²) in [6.07, 6.45) is 5.21. The zero-order valence-electron chi connectivity index (χ0n) is 17.5. The lowest BCUT2D eigenvalue weighted by Crippen LogP contribution is -2.30. The standard InChI is InChI=1S/C25H22BrN5O/c26-19-6-4-7-20(14-19)30-25-18(16-27)17-28-23-10-9-21(15-22(23)25)29-24(32)8-5-13-31-11-2-1-3-12-31/h4,6-7,9-10,14-15,17H,1-3,11-13H2,(H,28,30)(H,29,32). The fourth-order valence-electron chi connectivity index (χ4n) is 3.71. The van der Waals surface area contributed by atoms with Crippen molar-refractivity contribution in [1.82, 2.24) is 9.88 Å². The molecule has 2 N–H and O–H groups in total. The van der Waals surface area contributed by atoms with Crippen LogP contribution in [0.15, 0.2) is 53.1 Å². The Morgan fingerprint density at radius 3 is 2.75 bits per heavy atom. The van der Waals surface area contributed by atoms with Gasteiger partial charge in [-0.1, -0.05) is 34.3 Å². The molecule has 0 radical (unpaired) electrons. The Morgan fingerprint density at radius 2 is 1.97 bits per heavy atom. The number of nitrogens with one attached hydrogen (secondary N) is 2. The maximum absolute atomic E-state index is 12.3. The highest BCUT2D eigenvalue weighted by molar-refractivity contribution is 9.10. The van der Waals surface area contributed by atoms with Crippen LogP contribution in [0, 0.1) is 23.2 Å². The summed E-state index contributed by atoms with van der Waals surface area (Å²) in [5.74, 6) is 5.30. The molecule has 2 aromatic carbocycles. The van der Waals surface area contributed by atoms with E-state index in [0.29, 0.717) is 23.5 Å². The minimum Gasteiger partial charge on any atom is -0.354 e. The lowest BCUT2D eigenvalue weighted by atomic mass is 10.1. The number of piperidine rings is 1. The molecular weight excluding hydrogens is 466 g/mol. The van der Waals surface area contributed by atoms with E-state index in [9.17, 15) is 10.1 Å². The van der Waals surface area contributed by atoms with Gasteiger partial charge in [-0.3, -0.25) is 14.7 Å². The number of carbonyl (C=O) groups is 1. The van der Waals surface area contributed by atoms with E-state index < -0.39 is 0 Å². The van der Waals surface area contributed by atoms with Gasteiger partial charge >= 0.3 is 0 Å². The number of likely N-dealkylation sites (tertiary alicyclic amines) is 1.